The van der Waals surface area contributed by atoms with Crippen LogP contribution < -0.4 is 0 Å². The van der Waals surface area contributed by atoms with Crippen molar-refractivity contribution in [2.75, 3.05) is 7.11 Å². The van der Waals surface area contributed by atoms with Crippen molar-refractivity contribution in [3.63, 3.8) is 0 Å². The summed E-state index contributed by atoms with van der Waals surface area (Å²) >= 11 is 0. The first-order chi connectivity index (χ1) is 11.2. The van der Waals surface area contributed by atoms with Crippen molar-refractivity contribution >= 4 is 5.97 Å². The Hall–Kier alpha value is -2.89. The van der Waals surface area contributed by atoms with Gasteiger partial charge in [0.2, 0.25) is 5.76 Å². The Bertz CT molecular complexity index is 806. The third-order valence-corrected chi connectivity index (χ3v) is 3.55. The maximum Gasteiger partial charge on any atom is 0.373 e. The predicted octanol–water partition coefficient (Wildman–Crippen LogP) is 2.94. The topological polar surface area (TPSA) is 70.2 Å². The van der Waals surface area contributed by atoms with Crippen molar-refractivity contribution in [3.05, 3.63) is 59.9 Å². The van der Waals surface area contributed by atoms with E-state index in [0.29, 0.717) is 13.0 Å². The van der Waals surface area contributed by atoms with E-state index in [4.69, 9.17) is 9.15 Å². The second kappa shape index (κ2) is 6.48. The smallest absolute Gasteiger partial charge is 0.373 e. The lowest BCUT2D eigenvalue weighted by molar-refractivity contribution is 0.0563. The highest BCUT2D eigenvalue weighted by atomic mass is 16.5. The number of furan rings is 1. The van der Waals surface area contributed by atoms with Crippen molar-refractivity contribution in [1.82, 2.24) is 14.5 Å². The highest BCUT2D eigenvalue weighted by molar-refractivity contribution is 5.86. The van der Waals surface area contributed by atoms with Gasteiger partial charge in [0.05, 0.1) is 13.7 Å². The Morgan fingerprint density at radius 3 is 2.87 bits per heavy atom. The van der Waals surface area contributed by atoms with Crippen LogP contribution in [0.3, 0.4) is 0 Å². The maximum atomic E-state index is 11.6. The summed E-state index contributed by atoms with van der Waals surface area (Å²) < 4.78 is 12.3. The van der Waals surface area contributed by atoms with E-state index >= 15 is 0 Å². The van der Waals surface area contributed by atoms with E-state index in [0.717, 1.165) is 22.8 Å². The van der Waals surface area contributed by atoms with E-state index in [1.807, 2.05) is 35.9 Å². The molecule has 3 aromatic rings. The molecule has 3 aromatic heterocycles. The minimum Gasteiger partial charge on any atom is -0.463 e. The van der Waals surface area contributed by atoms with Crippen molar-refractivity contribution in [2.24, 2.45) is 0 Å². The van der Waals surface area contributed by atoms with Crippen molar-refractivity contribution in [3.8, 4) is 11.5 Å². The highest BCUT2D eigenvalue weighted by Crippen LogP contribution is 2.21. The summed E-state index contributed by atoms with van der Waals surface area (Å²) in [5, 5.41) is 0. The first-order valence-electron chi connectivity index (χ1n) is 7.35. The zero-order valence-corrected chi connectivity index (χ0v) is 13.0. The Morgan fingerprint density at radius 1 is 1.30 bits per heavy atom. The number of ether oxygens (including phenoxy) is 1. The van der Waals surface area contributed by atoms with Crippen LogP contribution in [0.2, 0.25) is 0 Å². The molecule has 3 heterocycles. The van der Waals surface area contributed by atoms with Crippen LogP contribution in [0.4, 0.5) is 0 Å². The molecule has 0 saturated carbocycles. The van der Waals surface area contributed by atoms with E-state index in [1.165, 1.54) is 7.11 Å². The van der Waals surface area contributed by atoms with E-state index in [9.17, 15) is 4.79 Å². The third-order valence-electron chi connectivity index (χ3n) is 3.55. The molecule has 3 rings (SSSR count). The first-order valence-corrected chi connectivity index (χ1v) is 7.35. The predicted molar refractivity (Wildman–Crippen MR) is 84.0 cm³/mol. The average molecular weight is 311 g/mol. The van der Waals surface area contributed by atoms with Crippen LogP contribution in [-0.4, -0.2) is 27.6 Å². The fourth-order valence-corrected chi connectivity index (χ4v) is 2.45. The quantitative estimate of drug-likeness (QED) is 0.678. The molecule has 0 atom stereocenters. The van der Waals surface area contributed by atoms with Gasteiger partial charge < -0.3 is 13.7 Å². The van der Waals surface area contributed by atoms with E-state index < -0.39 is 5.97 Å². The van der Waals surface area contributed by atoms with Gasteiger partial charge in [-0.25, -0.2) is 9.78 Å². The second-order valence-electron chi connectivity index (χ2n) is 5.00. The van der Waals surface area contributed by atoms with Gasteiger partial charge >= 0.3 is 5.97 Å². The lowest BCUT2D eigenvalue weighted by Crippen LogP contribution is -2.03. The molecule has 0 amide bonds. The molecule has 118 valence electrons. The molecule has 23 heavy (non-hydrogen) atoms. The lowest BCUT2D eigenvalue weighted by atomic mass is 10.2. The average Bonchev–Trinajstić information content (AvgIpc) is 3.22. The van der Waals surface area contributed by atoms with Gasteiger partial charge in [0.15, 0.2) is 5.82 Å². The van der Waals surface area contributed by atoms with Crippen LogP contribution in [0.15, 0.2) is 47.3 Å². The molecule has 0 aliphatic carbocycles. The molecule has 0 saturated heterocycles. The van der Waals surface area contributed by atoms with Crippen LogP contribution >= 0.6 is 0 Å². The van der Waals surface area contributed by atoms with Gasteiger partial charge in [-0.15, -0.1) is 0 Å². The molecule has 0 radical (unpaired) electrons. The molecular weight excluding hydrogens is 294 g/mol. The largest absolute Gasteiger partial charge is 0.463 e. The summed E-state index contributed by atoms with van der Waals surface area (Å²) in [6, 6.07) is 7.43. The standard InChI is InChI=1S/C17H17N3O3/c1-3-14-12(10-15(23-14)17(21)22-2)11-20-9-8-19-16(20)13-6-4-5-7-18-13/h4-10H,3,11H2,1-2H3. The van der Waals surface area contributed by atoms with E-state index in [-0.39, 0.29) is 5.76 Å². The SMILES string of the molecule is CCc1oc(C(=O)OC)cc1Cn1ccnc1-c1ccccn1. The minimum atomic E-state index is -0.471. The summed E-state index contributed by atoms with van der Waals surface area (Å²) in [7, 11) is 1.34. The number of hydrogen-bond donors (Lipinski definition) is 0. The van der Waals surface area contributed by atoms with Crippen molar-refractivity contribution in [2.45, 2.75) is 19.9 Å². The van der Waals surface area contributed by atoms with Gasteiger partial charge in [-0.2, -0.15) is 0 Å². The first kappa shape index (κ1) is 15.0. The number of aryl methyl sites for hydroxylation is 1. The number of methoxy groups -OCH3 is 1. The molecular formula is C17H17N3O3. The number of rotatable bonds is 5. The maximum absolute atomic E-state index is 11.6. The Balaban J connectivity index is 1.93. The zero-order chi connectivity index (χ0) is 16.2. The van der Waals surface area contributed by atoms with Gasteiger partial charge in [0.1, 0.15) is 11.5 Å². The minimum absolute atomic E-state index is 0.221. The monoisotopic (exact) mass is 311 g/mol. The van der Waals surface area contributed by atoms with Gasteiger partial charge in [-0.3, -0.25) is 4.98 Å². The van der Waals surface area contributed by atoms with Crippen LogP contribution in [0.5, 0.6) is 0 Å². The van der Waals surface area contributed by atoms with Gasteiger partial charge in [-0.05, 0) is 18.2 Å². The molecule has 0 aromatic carbocycles. The number of pyridine rings is 1. The summed E-state index contributed by atoms with van der Waals surface area (Å²) in [4.78, 5) is 20.3. The fourth-order valence-electron chi connectivity index (χ4n) is 2.45. The zero-order valence-electron chi connectivity index (χ0n) is 13.0. The number of carbonyl (C=O) groups is 1. The highest BCUT2D eigenvalue weighted by Gasteiger charge is 2.17. The lowest BCUT2D eigenvalue weighted by Gasteiger charge is -2.07. The molecule has 0 aliphatic rings. The summed E-state index contributed by atoms with van der Waals surface area (Å²) in [5.41, 5.74) is 1.73. The Morgan fingerprint density at radius 2 is 2.17 bits per heavy atom. The second-order valence-corrected chi connectivity index (χ2v) is 5.00. The van der Waals surface area contributed by atoms with Gasteiger partial charge in [0.25, 0.3) is 0 Å². The van der Waals surface area contributed by atoms with Crippen LogP contribution in [0.1, 0.15) is 28.8 Å². The number of hydrogen-bond acceptors (Lipinski definition) is 5. The van der Waals surface area contributed by atoms with Crippen LogP contribution in [0.25, 0.3) is 11.5 Å². The van der Waals surface area contributed by atoms with Crippen molar-refractivity contribution < 1.29 is 13.9 Å². The molecule has 6 heteroatoms. The molecule has 0 unspecified atom stereocenters. The number of aromatic nitrogens is 3. The Kier molecular flexibility index (Phi) is 4.23. The molecule has 6 nitrogen and oxygen atoms in total. The van der Waals surface area contributed by atoms with Gasteiger partial charge in [0, 0.05) is 30.6 Å². The number of carbonyl (C=O) groups excluding carboxylic acids is 1. The van der Waals surface area contributed by atoms with Crippen LogP contribution in [-0.2, 0) is 17.7 Å². The van der Waals surface area contributed by atoms with Crippen LogP contribution in [0, 0.1) is 0 Å². The fraction of sp³-hybridized carbons (Fsp3) is 0.235. The molecule has 0 bridgehead atoms. The van der Waals surface area contributed by atoms with Crippen molar-refractivity contribution in [1.29, 1.82) is 0 Å². The molecule has 0 fully saturated rings. The summed E-state index contributed by atoms with van der Waals surface area (Å²) in [6.07, 6.45) is 6.05. The van der Waals surface area contributed by atoms with Gasteiger partial charge in [-0.1, -0.05) is 13.0 Å². The summed E-state index contributed by atoms with van der Waals surface area (Å²) in [5.74, 6) is 1.29. The Labute approximate surface area is 133 Å². The third kappa shape index (κ3) is 3.01. The number of imidazole rings is 1. The molecule has 0 spiro atoms. The number of esters is 1. The molecule has 0 N–H and O–H groups in total. The van der Waals surface area contributed by atoms with E-state index in [2.05, 4.69) is 9.97 Å². The normalized spacial score (nSPS) is 10.7. The summed E-state index contributed by atoms with van der Waals surface area (Å²) in [6.45, 7) is 2.53. The number of nitrogens with zero attached hydrogens (tertiary/aromatic N) is 3. The molecule has 0 aliphatic heterocycles. The van der Waals surface area contributed by atoms with E-state index in [1.54, 1.807) is 18.5 Å².